The second kappa shape index (κ2) is 3.91. The van der Waals surface area contributed by atoms with Crippen LogP contribution in [0.15, 0.2) is 12.7 Å². The highest BCUT2D eigenvalue weighted by molar-refractivity contribution is 4.89. The number of rotatable bonds is 3. The fraction of sp³-hybridized carbons (Fsp3) is 0.800. The minimum Gasteiger partial charge on any atom is -0.378 e. The van der Waals surface area contributed by atoms with E-state index in [2.05, 4.69) is 20.4 Å². The van der Waals surface area contributed by atoms with E-state index < -0.39 is 0 Å². The van der Waals surface area contributed by atoms with Gasteiger partial charge in [0.15, 0.2) is 0 Å². The van der Waals surface area contributed by atoms with Gasteiger partial charge in [-0.3, -0.25) is 0 Å². The zero-order valence-electron chi connectivity index (χ0n) is 7.55. The van der Waals surface area contributed by atoms with E-state index in [-0.39, 0.29) is 0 Å². The van der Waals surface area contributed by atoms with Crippen molar-refractivity contribution < 1.29 is 4.74 Å². The van der Waals surface area contributed by atoms with E-state index in [0.29, 0.717) is 12.0 Å². The van der Waals surface area contributed by atoms with E-state index in [0.717, 1.165) is 12.5 Å². The molecule has 1 fully saturated rings. The Labute approximate surface area is 69.4 Å². The lowest BCUT2D eigenvalue weighted by Crippen LogP contribution is -2.16. The SMILES string of the molecule is C=C[C@@H]1CCO[C@@H]1CC(C)C. The molecule has 1 heteroatoms. The van der Waals surface area contributed by atoms with Crippen LogP contribution < -0.4 is 0 Å². The molecule has 0 N–H and O–H groups in total. The van der Waals surface area contributed by atoms with Crippen LogP contribution >= 0.6 is 0 Å². The predicted molar refractivity (Wildman–Crippen MR) is 47.5 cm³/mol. The molecule has 1 heterocycles. The summed E-state index contributed by atoms with van der Waals surface area (Å²) in [6.45, 7) is 9.22. The van der Waals surface area contributed by atoms with E-state index in [9.17, 15) is 0 Å². The van der Waals surface area contributed by atoms with Gasteiger partial charge in [-0.1, -0.05) is 19.9 Å². The first-order valence-corrected chi connectivity index (χ1v) is 4.48. The first kappa shape index (κ1) is 8.79. The fourth-order valence-electron chi connectivity index (χ4n) is 1.64. The lowest BCUT2D eigenvalue weighted by Gasteiger charge is -2.16. The van der Waals surface area contributed by atoms with Crippen molar-refractivity contribution in [2.24, 2.45) is 11.8 Å². The average Bonchev–Trinajstić information content (AvgIpc) is 2.34. The zero-order valence-corrected chi connectivity index (χ0v) is 7.55. The molecule has 2 atom stereocenters. The van der Waals surface area contributed by atoms with Gasteiger partial charge in [0, 0.05) is 12.5 Å². The number of hydrogen-bond acceptors (Lipinski definition) is 1. The van der Waals surface area contributed by atoms with Gasteiger partial charge in [0.05, 0.1) is 6.10 Å². The van der Waals surface area contributed by atoms with Crippen molar-refractivity contribution in [1.82, 2.24) is 0 Å². The van der Waals surface area contributed by atoms with Gasteiger partial charge in [0.25, 0.3) is 0 Å². The molecule has 0 aromatic heterocycles. The molecule has 0 amide bonds. The van der Waals surface area contributed by atoms with Crippen molar-refractivity contribution in [3.63, 3.8) is 0 Å². The van der Waals surface area contributed by atoms with E-state index in [1.54, 1.807) is 0 Å². The maximum absolute atomic E-state index is 5.60. The molecule has 0 aromatic carbocycles. The van der Waals surface area contributed by atoms with Crippen molar-refractivity contribution in [3.05, 3.63) is 12.7 Å². The summed E-state index contributed by atoms with van der Waals surface area (Å²) in [5.74, 6) is 1.35. The molecule has 1 aliphatic heterocycles. The largest absolute Gasteiger partial charge is 0.378 e. The summed E-state index contributed by atoms with van der Waals surface area (Å²) >= 11 is 0. The Morgan fingerprint density at radius 2 is 2.36 bits per heavy atom. The predicted octanol–water partition coefficient (Wildman–Crippen LogP) is 2.62. The van der Waals surface area contributed by atoms with Crippen LogP contribution in [0.4, 0.5) is 0 Å². The summed E-state index contributed by atoms with van der Waals surface area (Å²) in [4.78, 5) is 0. The minimum absolute atomic E-state index is 0.451. The number of hydrogen-bond donors (Lipinski definition) is 0. The summed E-state index contributed by atoms with van der Waals surface area (Å²) in [6.07, 6.45) is 4.84. The Balaban J connectivity index is 2.37. The van der Waals surface area contributed by atoms with Gasteiger partial charge < -0.3 is 4.74 Å². The van der Waals surface area contributed by atoms with Crippen LogP contribution in [0.1, 0.15) is 26.7 Å². The topological polar surface area (TPSA) is 9.23 Å². The maximum Gasteiger partial charge on any atom is 0.0640 e. The van der Waals surface area contributed by atoms with Crippen LogP contribution in [-0.2, 0) is 4.74 Å². The molecule has 0 saturated carbocycles. The monoisotopic (exact) mass is 154 g/mol. The second-order valence-electron chi connectivity index (χ2n) is 3.73. The molecule has 0 bridgehead atoms. The first-order chi connectivity index (χ1) is 5.24. The van der Waals surface area contributed by atoms with Gasteiger partial charge in [-0.25, -0.2) is 0 Å². The third kappa shape index (κ3) is 2.33. The van der Waals surface area contributed by atoms with Crippen molar-refractivity contribution in [2.45, 2.75) is 32.8 Å². The van der Waals surface area contributed by atoms with E-state index in [1.165, 1.54) is 12.8 Å². The van der Waals surface area contributed by atoms with Gasteiger partial charge in [0.2, 0.25) is 0 Å². The van der Waals surface area contributed by atoms with Crippen LogP contribution in [0.25, 0.3) is 0 Å². The maximum atomic E-state index is 5.60. The van der Waals surface area contributed by atoms with Crippen molar-refractivity contribution in [1.29, 1.82) is 0 Å². The molecule has 0 unspecified atom stereocenters. The average molecular weight is 154 g/mol. The Kier molecular flexibility index (Phi) is 3.13. The normalized spacial score (nSPS) is 31.2. The highest BCUT2D eigenvalue weighted by Crippen LogP contribution is 2.26. The van der Waals surface area contributed by atoms with Crippen LogP contribution in [0, 0.1) is 11.8 Å². The van der Waals surface area contributed by atoms with Crippen LogP contribution in [0.2, 0.25) is 0 Å². The number of ether oxygens (including phenoxy) is 1. The van der Waals surface area contributed by atoms with Gasteiger partial charge in [-0.2, -0.15) is 0 Å². The summed E-state index contributed by atoms with van der Waals surface area (Å²) in [5.41, 5.74) is 0. The standard InChI is InChI=1S/C10H18O/c1-4-9-5-6-11-10(9)7-8(2)3/h4,8-10H,1,5-7H2,2-3H3/t9-,10-/m1/s1. The molecular weight excluding hydrogens is 136 g/mol. The van der Waals surface area contributed by atoms with Gasteiger partial charge in [-0.05, 0) is 18.8 Å². The van der Waals surface area contributed by atoms with E-state index in [1.807, 2.05) is 6.08 Å². The molecular formula is C10H18O. The molecule has 11 heavy (non-hydrogen) atoms. The summed E-state index contributed by atoms with van der Waals surface area (Å²) in [5, 5.41) is 0. The molecule has 1 aliphatic rings. The van der Waals surface area contributed by atoms with Crippen LogP contribution in [-0.4, -0.2) is 12.7 Å². The van der Waals surface area contributed by atoms with Crippen LogP contribution in [0.5, 0.6) is 0 Å². The molecule has 64 valence electrons. The minimum atomic E-state index is 0.451. The lowest BCUT2D eigenvalue weighted by atomic mass is 9.94. The molecule has 1 saturated heterocycles. The van der Waals surface area contributed by atoms with Crippen molar-refractivity contribution in [2.75, 3.05) is 6.61 Å². The molecule has 0 aliphatic carbocycles. The molecule has 1 nitrogen and oxygen atoms in total. The molecule has 0 aromatic rings. The van der Waals surface area contributed by atoms with Crippen LogP contribution in [0.3, 0.4) is 0 Å². The van der Waals surface area contributed by atoms with Gasteiger partial charge in [0.1, 0.15) is 0 Å². The fourth-order valence-corrected chi connectivity index (χ4v) is 1.64. The molecule has 1 rings (SSSR count). The summed E-state index contributed by atoms with van der Waals surface area (Å²) < 4.78 is 5.60. The van der Waals surface area contributed by atoms with Gasteiger partial charge in [-0.15, -0.1) is 6.58 Å². The van der Waals surface area contributed by atoms with E-state index >= 15 is 0 Å². The van der Waals surface area contributed by atoms with Gasteiger partial charge >= 0.3 is 0 Å². The third-order valence-electron chi connectivity index (χ3n) is 2.27. The quantitative estimate of drug-likeness (QED) is 0.568. The molecule has 0 spiro atoms. The highest BCUT2D eigenvalue weighted by atomic mass is 16.5. The Bertz CT molecular complexity index is 129. The summed E-state index contributed by atoms with van der Waals surface area (Å²) in [6, 6.07) is 0. The Morgan fingerprint density at radius 1 is 1.64 bits per heavy atom. The second-order valence-corrected chi connectivity index (χ2v) is 3.73. The van der Waals surface area contributed by atoms with E-state index in [4.69, 9.17) is 4.74 Å². The smallest absolute Gasteiger partial charge is 0.0640 e. The Hall–Kier alpha value is -0.300. The molecule has 0 radical (unpaired) electrons. The lowest BCUT2D eigenvalue weighted by molar-refractivity contribution is 0.0817. The summed E-state index contributed by atoms with van der Waals surface area (Å²) in [7, 11) is 0. The van der Waals surface area contributed by atoms with Crippen molar-refractivity contribution >= 4 is 0 Å². The zero-order chi connectivity index (χ0) is 8.27. The van der Waals surface area contributed by atoms with Crippen molar-refractivity contribution in [3.8, 4) is 0 Å². The third-order valence-corrected chi connectivity index (χ3v) is 2.27. The highest BCUT2D eigenvalue weighted by Gasteiger charge is 2.25. The first-order valence-electron chi connectivity index (χ1n) is 4.48. The Morgan fingerprint density at radius 3 is 2.91 bits per heavy atom.